The Balaban J connectivity index is 1.23. The molecule has 5 aliphatic rings. The van der Waals surface area contributed by atoms with Crippen molar-refractivity contribution >= 4 is 0 Å². The molecule has 4 fully saturated rings. The van der Waals surface area contributed by atoms with Crippen LogP contribution >= 0.6 is 0 Å². The second kappa shape index (κ2) is 12.3. The molecule has 6 nitrogen and oxygen atoms in total. The summed E-state index contributed by atoms with van der Waals surface area (Å²) in [5, 5.41) is 40.3. The highest BCUT2D eigenvalue weighted by molar-refractivity contribution is 5.26. The molecular weight excluding hydrogens is 504 g/mol. The molecule has 14 atom stereocenters. The molecule has 0 amide bonds. The predicted molar refractivity (Wildman–Crippen MR) is 156 cm³/mol. The number of fused-ring (bicyclic) bond motifs is 5. The van der Waals surface area contributed by atoms with Gasteiger partial charge in [-0.05, 0) is 112 Å². The summed E-state index contributed by atoms with van der Waals surface area (Å²) in [5.41, 5.74) is 3.29. The highest BCUT2D eigenvalue weighted by Crippen LogP contribution is 2.62. The monoisotopic (exact) mass is 558 g/mol. The fourth-order valence-corrected chi connectivity index (χ4v) is 9.45. The van der Waals surface area contributed by atoms with Crippen LogP contribution in [0.15, 0.2) is 36.0 Å². The number of aliphatic hydroxyl groups excluding tert-OH is 4. The normalized spacial score (nSPS) is 46.7. The van der Waals surface area contributed by atoms with Gasteiger partial charge in [0, 0.05) is 0 Å². The number of hydrogen-bond acceptors (Lipinski definition) is 6. The van der Waals surface area contributed by atoms with E-state index in [1.807, 2.05) is 0 Å². The van der Waals surface area contributed by atoms with Gasteiger partial charge in [-0.3, -0.25) is 0 Å². The first-order valence-corrected chi connectivity index (χ1v) is 16.1. The van der Waals surface area contributed by atoms with Gasteiger partial charge in [-0.25, -0.2) is 0 Å². The van der Waals surface area contributed by atoms with E-state index in [1.165, 1.54) is 31.3 Å². The van der Waals surface area contributed by atoms with E-state index in [-0.39, 0.29) is 11.5 Å². The summed E-state index contributed by atoms with van der Waals surface area (Å²) in [7, 11) is 0. The summed E-state index contributed by atoms with van der Waals surface area (Å²) < 4.78 is 11.9. The lowest BCUT2D eigenvalue weighted by Gasteiger charge is -2.56. The van der Waals surface area contributed by atoms with E-state index in [4.69, 9.17) is 9.47 Å². The molecule has 1 aliphatic heterocycles. The lowest BCUT2D eigenvalue weighted by atomic mass is 9.50. The van der Waals surface area contributed by atoms with Crippen molar-refractivity contribution in [2.45, 2.75) is 122 Å². The number of ether oxygens (including phenoxy) is 2. The number of rotatable bonds is 8. The van der Waals surface area contributed by atoms with Crippen molar-refractivity contribution in [1.29, 1.82) is 0 Å². The van der Waals surface area contributed by atoms with Gasteiger partial charge in [-0.15, -0.1) is 0 Å². The maximum atomic E-state index is 10.5. The molecule has 0 bridgehead atoms. The highest BCUT2D eigenvalue weighted by Gasteiger charge is 2.54. The minimum absolute atomic E-state index is 0.0690. The van der Waals surface area contributed by atoms with Crippen molar-refractivity contribution < 1.29 is 29.9 Å². The van der Waals surface area contributed by atoms with Gasteiger partial charge in [-0.1, -0.05) is 56.7 Å². The molecule has 0 spiro atoms. The van der Waals surface area contributed by atoms with Gasteiger partial charge >= 0.3 is 0 Å². The minimum atomic E-state index is -1.40. The molecule has 1 heterocycles. The molecule has 4 aliphatic carbocycles. The van der Waals surface area contributed by atoms with Gasteiger partial charge in [0.05, 0.1) is 12.7 Å². The van der Waals surface area contributed by atoms with Crippen molar-refractivity contribution in [3.63, 3.8) is 0 Å². The highest BCUT2D eigenvalue weighted by atomic mass is 16.7. The molecule has 40 heavy (non-hydrogen) atoms. The maximum absolute atomic E-state index is 10.5. The van der Waals surface area contributed by atoms with E-state index in [2.05, 4.69) is 52.5 Å². The van der Waals surface area contributed by atoms with Crippen LogP contribution in [0.4, 0.5) is 0 Å². The third kappa shape index (κ3) is 5.54. The van der Waals surface area contributed by atoms with Gasteiger partial charge in [-0.2, -0.15) is 0 Å². The second-order valence-corrected chi connectivity index (χ2v) is 14.1. The third-order valence-electron chi connectivity index (χ3n) is 12.0. The van der Waals surface area contributed by atoms with Gasteiger partial charge in [0.15, 0.2) is 6.29 Å². The van der Waals surface area contributed by atoms with Gasteiger partial charge in [0.1, 0.15) is 24.4 Å². The molecule has 0 aromatic carbocycles. The molecule has 3 saturated carbocycles. The van der Waals surface area contributed by atoms with E-state index in [0.29, 0.717) is 23.7 Å². The number of allylic oxidation sites excluding steroid dienone is 5. The Hall–Kier alpha value is -1.02. The molecule has 0 aromatic rings. The number of hydrogen-bond donors (Lipinski definition) is 4. The van der Waals surface area contributed by atoms with Crippen LogP contribution in [0, 0.1) is 46.8 Å². The van der Waals surface area contributed by atoms with E-state index < -0.39 is 37.3 Å². The van der Waals surface area contributed by atoms with Crippen molar-refractivity contribution in [3.05, 3.63) is 36.0 Å². The van der Waals surface area contributed by atoms with E-state index in [9.17, 15) is 20.4 Å². The van der Waals surface area contributed by atoms with Gasteiger partial charge in [0.25, 0.3) is 0 Å². The van der Waals surface area contributed by atoms with Crippen molar-refractivity contribution in [3.8, 4) is 0 Å². The first-order chi connectivity index (χ1) is 19.1. The average Bonchev–Trinajstić information content (AvgIpc) is 3.38. The fraction of sp³-hybridized carbons (Fsp3) is 0.824. The fourth-order valence-electron chi connectivity index (χ4n) is 9.45. The van der Waals surface area contributed by atoms with Gasteiger partial charge in [0.2, 0.25) is 0 Å². The summed E-state index contributed by atoms with van der Waals surface area (Å²) in [6.07, 6.45) is 11.8. The first kappa shape index (κ1) is 30.4. The van der Waals surface area contributed by atoms with E-state index in [0.717, 1.165) is 49.9 Å². The molecular formula is C34H54O6. The Morgan fingerprint density at radius 3 is 2.60 bits per heavy atom. The quantitative estimate of drug-likeness (QED) is 0.308. The second-order valence-electron chi connectivity index (χ2n) is 14.1. The number of aliphatic hydroxyl groups is 4. The Bertz CT molecular complexity index is 958. The Morgan fingerprint density at radius 2 is 1.90 bits per heavy atom. The molecule has 6 heteroatoms. The molecule has 226 valence electrons. The summed E-state index contributed by atoms with van der Waals surface area (Å²) in [5.74, 6) is 4.60. The lowest BCUT2D eigenvalue weighted by Crippen LogP contribution is -2.60. The zero-order valence-electron chi connectivity index (χ0n) is 25.1. The minimum Gasteiger partial charge on any atom is -0.394 e. The Morgan fingerprint density at radius 1 is 1.12 bits per heavy atom. The van der Waals surface area contributed by atoms with Crippen LogP contribution in [0.1, 0.15) is 85.5 Å². The summed E-state index contributed by atoms with van der Waals surface area (Å²) in [6.45, 7) is 13.1. The van der Waals surface area contributed by atoms with Crippen LogP contribution in [0.25, 0.3) is 0 Å². The lowest BCUT2D eigenvalue weighted by molar-refractivity contribution is -0.315. The molecule has 4 N–H and O–H groups in total. The predicted octanol–water partition coefficient (Wildman–Crippen LogP) is 5.16. The third-order valence-corrected chi connectivity index (χ3v) is 12.0. The van der Waals surface area contributed by atoms with Gasteiger partial charge < -0.3 is 29.9 Å². The van der Waals surface area contributed by atoms with Crippen LogP contribution in [-0.2, 0) is 9.47 Å². The largest absolute Gasteiger partial charge is 0.394 e. The smallest absolute Gasteiger partial charge is 0.186 e. The zero-order valence-corrected chi connectivity index (χ0v) is 25.1. The standard InChI is InChI=1S/C34H54O6/c1-6-21(19(2)3)8-7-20(4)24-11-12-26-25(24)13-14-28-27(26)10-9-22-17-23(15-16-34(22,28)5)39-33-32(38)31(37)30(36)29(18-35)40-33/h7-8,10,20-26,28-33,35-38H,2,6,9,11-18H2,1,3-5H3. The summed E-state index contributed by atoms with van der Waals surface area (Å²) >= 11 is 0. The maximum Gasteiger partial charge on any atom is 0.186 e. The Labute approximate surface area is 241 Å². The zero-order chi connectivity index (χ0) is 28.8. The molecule has 0 aromatic heterocycles. The van der Waals surface area contributed by atoms with Crippen LogP contribution in [0.2, 0.25) is 0 Å². The Kier molecular flexibility index (Phi) is 9.36. The summed E-state index contributed by atoms with van der Waals surface area (Å²) in [4.78, 5) is 0. The van der Waals surface area contributed by atoms with Crippen molar-refractivity contribution in [1.82, 2.24) is 0 Å². The summed E-state index contributed by atoms with van der Waals surface area (Å²) in [6, 6.07) is 0. The first-order valence-electron chi connectivity index (χ1n) is 16.1. The van der Waals surface area contributed by atoms with Crippen molar-refractivity contribution in [2.24, 2.45) is 46.8 Å². The molecule has 0 radical (unpaired) electrons. The van der Waals surface area contributed by atoms with Crippen LogP contribution in [0.3, 0.4) is 0 Å². The molecule has 1 saturated heterocycles. The van der Waals surface area contributed by atoms with Crippen LogP contribution in [0.5, 0.6) is 0 Å². The molecule has 14 unspecified atom stereocenters. The average molecular weight is 559 g/mol. The van der Waals surface area contributed by atoms with E-state index in [1.54, 1.807) is 5.57 Å². The van der Waals surface area contributed by atoms with Crippen molar-refractivity contribution in [2.75, 3.05) is 6.61 Å². The van der Waals surface area contributed by atoms with Crippen LogP contribution < -0.4 is 0 Å². The SMILES string of the molecule is C=C(C)C(C=CC(C)C1CCC2C3=CCC4CC(OC5OC(CO)C(O)C(O)C5O)CCC4(C)C3CCC21)CC. The molecule has 5 rings (SSSR count). The topological polar surface area (TPSA) is 99.4 Å². The van der Waals surface area contributed by atoms with E-state index >= 15 is 0 Å². The van der Waals surface area contributed by atoms with Crippen LogP contribution in [-0.4, -0.2) is 63.8 Å².